The van der Waals surface area contributed by atoms with Gasteiger partial charge in [-0.05, 0) is 128 Å². The quantitative estimate of drug-likeness (QED) is 0.139. The summed E-state index contributed by atoms with van der Waals surface area (Å²) in [4.78, 5) is 0. The third-order valence-electron chi connectivity index (χ3n) is 10.2. The van der Waals surface area contributed by atoms with Crippen molar-refractivity contribution in [3.05, 3.63) is 182 Å². The first-order chi connectivity index (χ1) is 23.8. The van der Waals surface area contributed by atoms with E-state index < -0.39 is 0 Å². The molecule has 0 spiro atoms. The Hall–Kier alpha value is -6.24. The van der Waals surface area contributed by atoms with Gasteiger partial charge in [-0.3, -0.25) is 0 Å². The van der Waals surface area contributed by atoms with Gasteiger partial charge >= 0.3 is 0 Å². The van der Waals surface area contributed by atoms with Crippen LogP contribution in [0.1, 0.15) is 0 Å². The summed E-state index contributed by atoms with van der Waals surface area (Å²) in [5.41, 5.74) is 7.52. The van der Waals surface area contributed by atoms with E-state index in [1.54, 1.807) is 0 Å². The van der Waals surface area contributed by atoms with Crippen molar-refractivity contribution in [2.24, 2.45) is 0 Å². The fourth-order valence-electron chi connectivity index (χ4n) is 7.87. The van der Waals surface area contributed by atoms with Crippen molar-refractivity contribution in [2.75, 3.05) is 0 Å². The molecule has 0 nitrogen and oxygen atoms in total. The Morgan fingerprint density at radius 3 is 1.65 bits per heavy atom. The molecule has 0 aliphatic carbocycles. The lowest BCUT2D eigenvalue weighted by atomic mass is 9.85. The highest BCUT2D eigenvalue weighted by Crippen LogP contribution is 2.44. The molecule has 0 saturated carbocycles. The zero-order valence-electron chi connectivity index (χ0n) is 26.3. The lowest BCUT2D eigenvalue weighted by molar-refractivity contribution is 1.66. The van der Waals surface area contributed by atoms with Gasteiger partial charge in [-0.2, -0.15) is 0 Å². The lowest BCUT2D eigenvalue weighted by Gasteiger charge is -2.18. The minimum absolute atomic E-state index is 1.23. The first kappa shape index (κ1) is 26.9. The first-order valence-electron chi connectivity index (χ1n) is 16.7. The fourth-order valence-corrected chi connectivity index (χ4v) is 7.87. The predicted molar refractivity (Wildman–Crippen MR) is 208 cm³/mol. The van der Waals surface area contributed by atoms with E-state index in [0.717, 1.165) is 0 Å². The van der Waals surface area contributed by atoms with Gasteiger partial charge in [0.05, 0.1) is 0 Å². The van der Waals surface area contributed by atoms with Gasteiger partial charge in [0.2, 0.25) is 0 Å². The van der Waals surface area contributed by atoms with E-state index in [-0.39, 0.29) is 0 Å². The molecule has 0 heteroatoms. The fraction of sp³-hybridized carbons (Fsp3) is 0. The molecule has 0 bridgehead atoms. The summed E-state index contributed by atoms with van der Waals surface area (Å²) in [6, 6.07) is 67.3. The molecule has 0 atom stereocenters. The van der Waals surface area contributed by atoms with E-state index in [9.17, 15) is 0 Å². The third kappa shape index (κ3) is 4.24. The molecule has 0 aliphatic heterocycles. The van der Waals surface area contributed by atoms with E-state index in [1.165, 1.54) is 98.0 Å². The second-order valence-corrected chi connectivity index (χ2v) is 12.9. The summed E-state index contributed by atoms with van der Waals surface area (Å²) in [6.07, 6.45) is 0. The van der Waals surface area contributed by atoms with Crippen LogP contribution in [0.5, 0.6) is 0 Å². The van der Waals surface area contributed by atoms with Gasteiger partial charge in [0, 0.05) is 0 Å². The third-order valence-corrected chi connectivity index (χ3v) is 10.2. The van der Waals surface area contributed by atoms with Crippen LogP contribution in [0, 0.1) is 0 Å². The van der Waals surface area contributed by atoms with Gasteiger partial charge in [0.25, 0.3) is 0 Å². The molecule has 10 aromatic rings. The van der Waals surface area contributed by atoms with Crippen molar-refractivity contribution in [2.45, 2.75) is 0 Å². The molecule has 0 radical (unpaired) electrons. The average Bonchev–Trinajstić information content (AvgIpc) is 3.16. The zero-order chi connectivity index (χ0) is 31.6. The largest absolute Gasteiger partial charge is 0.0616 e. The van der Waals surface area contributed by atoms with Crippen LogP contribution >= 0.6 is 0 Å². The smallest absolute Gasteiger partial charge is 0.00201 e. The summed E-state index contributed by atoms with van der Waals surface area (Å²) in [6.45, 7) is 0. The average molecular weight is 607 g/mol. The minimum Gasteiger partial charge on any atom is -0.0616 e. The molecule has 0 saturated heterocycles. The van der Waals surface area contributed by atoms with Crippen molar-refractivity contribution < 1.29 is 0 Å². The Kier molecular flexibility index (Phi) is 5.98. The monoisotopic (exact) mass is 606 g/mol. The Morgan fingerprint density at radius 1 is 0.208 bits per heavy atom. The van der Waals surface area contributed by atoms with E-state index in [4.69, 9.17) is 0 Å². The number of benzene rings is 10. The van der Waals surface area contributed by atoms with Crippen LogP contribution in [-0.4, -0.2) is 0 Å². The molecular formula is C48H30. The normalized spacial score (nSPS) is 11.8. The Bertz CT molecular complexity index is 2890. The van der Waals surface area contributed by atoms with Crippen LogP contribution in [0.15, 0.2) is 182 Å². The van der Waals surface area contributed by atoms with Crippen molar-refractivity contribution in [1.82, 2.24) is 0 Å². The maximum atomic E-state index is 2.42. The molecule has 0 aromatic heterocycles. The molecule has 48 heavy (non-hydrogen) atoms. The Balaban J connectivity index is 1.30. The summed E-state index contributed by atoms with van der Waals surface area (Å²) >= 11 is 0. The Labute approximate surface area is 279 Å². The van der Waals surface area contributed by atoms with E-state index in [0.29, 0.717) is 0 Å². The van der Waals surface area contributed by atoms with Crippen molar-refractivity contribution in [3.63, 3.8) is 0 Å². The lowest BCUT2D eigenvalue weighted by Crippen LogP contribution is -1.91. The topological polar surface area (TPSA) is 0 Å². The molecule has 0 unspecified atom stereocenters. The van der Waals surface area contributed by atoms with Gasteiger partial charge in [-0.1, -0.05) is 152 Å². The standard InChI is InChI=1S/C48H30/c1-2-12-33-26-34(21-20-31(33)10-1)35-24-25-43-39(27-35)28-37-22-23-38(41-19-9-14-32-11-3-5-15-40(32)41)29-46(37)48(43)47-30-36-13-4-6-16-42(36)44-17-7-8-18-45(44)47/h1-30H. The highest BCUT2D eigenvalue weighted by molar-refractivity contribution is 6.22. The van der Waals surface area contributed by atoms with Crippen LogP contribution in [0.4, 0.5) is 0 Å². The van der Waals surface area contributed by atoms with Crippen LogP contribution < -0.4 is 0 Å². The van der Waals surface area contributed by atoms with E-state index in [2.05, 4.69) is 182 Å². The predicted octanol–water partition coefficient (Wildman–Crippen LogP) is 13.6. The summed E-state index contributed by atoms with van der Waals surface area (Å²) in [5, 5.41) is 15.2. The van der Waals surface area contributed by atoms with Gasteiger partial charge in [0.15, 0.2) is 0 Å². The second-order valence-electron chi connectivity index (χ2n) is 12.9. The second kappa shape index (κ2) is 10.7. The van der Waals surface area contributed by atoms with Gasteiger partial charge < -0.3 is 0 Å². The molecule has 0 fully saturated rings. The number of hydrogen-bond donors (Lipinski definition) is 0. The first-order valence-corrected chi connectivity index (χ1v) is 16.7. The molecule has 0 heterocycles. The Morgan fingerprint density at radius 2 is 0.792 bits per heavy atom. The van der Waals surface area contributed by atoms with Crippen molar-refractivity contribution in [3.8, 4) is 33.4 Å². The number of rotatable bonds is 3. The molecule has 10 rings (SSSR count). The van der Waals surface area contributed by atoms with Crippen LogP contribution in [-0.2, 0) is 0 Å². The molecule has 0 aliphatic rings. The van der Waals surface area contributed by atoms with Crippen LogP contribution in [0.25, 0.3) is 98.0 Å². The summed E-state index contributed by atoms with van der Waals surface area (Å²) in [7, 11) is 0. The van der Waals surface area contributed by atoms with E-state index in [1.807, 2.05) is 0 Å². The molecular weight excluding hydrogens is 577 g/mol. The van der Waals surface area contributed by atoms with Crippen LogP contribution in [0.2, 0.25) is 0 Å². The van der Waals surface area contributed by atoms with Gasteiger partial charge in [0.1, 0.15) is 0 Å². The van der Waals surface area contributed by atoms with Crippen LogP contribution in [0.3, 0.4) is 0 Å². The maximum absolute atomic E-state index is 2.42. The molecule has 222 valence electrons. The molecule has 10 aromatic carbocycles. The van der Waals surface area contributed by atoms with Gasteiger partial charge in [-0.15, -0.1) is 0 Å². The summed E-state index contributed by atoms with van der Waals surface area (Å²) < 4.78 is 0. The number of fused-ring (bicyclic) bond motifs is 7. The minimum atomic E-state index is 1.23. The zero-order valence-corrected chi connectivity index (χ0v) is 26.3. The molecule has 0 N–H and O–H groups in total. The SMILES string of the molecule is c1ccc2cc(-c3ccc4c(-c5cc6ccccc6c6ccccc56)c5cc(-c6cccc7ccccc67)ccc5cc4c3)ccc2c1. The summed E-state index contributed by atoms with van der Waals surface area (Å²) in [5.74, 6) is 0. The maximum Gasteiger partial charge on any atom is -0.00201 e. The van der Waals surface area contributed by atoms with E-state index >= 15 is 0 Å². The number of hydrogen-bond acceptors (Lipinski definition) is 0. The van der Waals surface area contributed by atoms with Crippen molar-refractivity contribution in [1.29, 1.82) is 0 Å². The highest BCUT2D eigenvalue weighted by atomic mass is 14.2. The molecule has 0 amide bonds. The highest BCUT2D eigenvalue weighted by Gasteiger charge is 2.17. The van der Waals surface area contributed by atoms with Gasteiger partial charge in [-0.25, -0.2) is 0 Å². The van der Waals surface area contributed by atoms with Crippen molar-refractivity contribution >= 4 is 64.6 Å².